The van der Waals surface area contributed by atoms with Crippen molar-refractivity contribution >= 4 is 29.9 Å². The number of aliphatic imine (C=N–C) groups is 1. The molecule has 126 valence electrons. The van der Waals surface area contributed by atoms with Gasteiger partial charge in [-0.15, -0.1) is 24.0 Å². The predicted molar refractivity (Wildman–Crippen MR) is 104 cm³/mol. The van der Waals surface area contributed by atoms with E-state index in [0.29, 0.717) is 12.6 Å². The van der Waals surface area contributed by atoms with Crippen LogP contribution >= 0.6 is 24.0 Å². The van der Waals surface area contributed by atoms with Gasteiger partial charge in [0.2, 0.25) is 0 Å². The first-order valence-corrected chi connectivity index (χ1v) is 7.31. The molecule has 0 spiro atoms. The number of hydrogen-bond acceptors (Lipinski definition) is 3. The topological polar surface area (TPSA) is 48.9 Å². The van der Waals surface area contributed by atoms with Crippen molar-refractivity contribution < 1.29 is 4.74 Å². The van der Waals surface area contributed by atoms with Gasteiger partial charge in [0.05, 0.1) is 6.61 Å². The number of guanidine groups is 1. The van der Waals surface area contributed by atoms with Crippen LogP contribution in [0.2, 0.25) is 0 Å². The lowest BCUT2D eigenvalue weighted by molar-refractivity contribution is 0.203. The smallest absolute Gasteiger partial charge is 0.191 e. The van der Waals surface area contributed by atoms with Gasteiger partial charge >= 0.3 is 0 Å². The summed E-state index contributed by atoms with van der Waals surface area (Å²) in [6.07, 6.45) is 1.01. The Kier molecular flexibility index (Phi) is 12.2. The molecular formula is C16H29IN4O. The van der Waals surface area contributed by atoms with Gasteiger partial charge in [0, 0.05) is 33.3 Å². The second-order valence-corrected chi connectivity index (χ2v) is 5.18. The highest BCUT2D eigenvalue weighted by Crippen LogP contribution is 2.06. The quantitative estimate of drug-likeness (QED) is 0.290. The van der Waals surface area contributed by atoms with Crippen molar-refractivity contribution in [1.29, 1.82) is 0 Å². The third kappa shape index (κ3) is 8.55. The number of nitrogens with one attached hydrogen (secondary N) is 2. The summed E-state index contributed by atoms with van der Waals surface area (Å²) in [6, 6.07) is 11.0. The highest BCUT2D eigenvalue weighted by atomic mass is 127. The van der Waals surface area contributed by atoms with Crippen LogP contribution in [0.3, 0.4) is 0 Å². The summed E-state index contributed by atoms with van der Waals surface area (Å²) in [4.78, 5) is 6.46. The van der Waals surface area contributed by atoms with E-state index in [2.05, 4.69) is 58.9 Å². The average Bonchev–Trinajstić information content (AvgIpc) is 2.50. The fourth-order valence-electron chi connectivity index (χ4n) is 2.03. The van der Waals surface area contributed by atoms with Gasteiger partial charge in [-0.3, -0.25) is 4.99 Å². The molecule has 5 nitrogen and oxygen atoms in total. The number of likely N-dealkylation sites (N-methyl/N-ethyl adjacent to an activating group) is 1. The number of halogens is 1. The molecule has 0 aliphatic carbocycles. The molecule has 0 heterocycles. The molecule has 1 aromatic carbocycles. The zero-order valence-electron chi connectivity index (χ0n) is 14.0. The van der Waals surface area contributed by atoms with Gasteiger partial charge in [0.1, 0.15) is 0 Å². The lowest BCUT2D eigenvalue weighted by Gasteiger charge is -2.25. The van der Waals surface area contributed by atoms with E-state index in [0.717, 1.165) is 25.5 Å². The Balaban J connectivity index is 0.00000441. The Labute approximate surface area is 151 Å². The van der Waals surface area contributed by atoms with E-state index in [1.165, 1.54) is 5.56 Å². The van der Waals surface area contributed by atoms with Gasteiger partial charge in [-0.2, -0.15) is 0 Å². The van der Waals surface area contributed by atoms with Crippen molar-refractivity contribution in [2.75, 3.05) is 47.9 Å². The summed E-state index contributed by atoms with van der Waals surface area (Å²) >= 11 is 0. The maximum atomic E-state index is 5.03. The molecule has 1 aromatic rings. The normalized spacial score (nSPS) is 12.7. The number of hydrogen-bond donors (Lipinski definition) is 2. The molecule has 6 heteroatoms. The highest BCUT2D eigenvalue weighted by molar-refractivity contribution is 14.0. The molecule has 1 unspecified atom stereocenters. The molecule has 22 heavy (non-hydrogen) atoms. The van der Waals surface area contributed by atoms with Crippen LogP contribution in [0.25, 0.3) is 0 Å². The molecule has 2 N–H and O–H groups in total. The highest BCUT2D eigenvalue weighted by Gasteiger charge is 2.12. The minimum atomic E-state index is 0. The third-order valence-corrected chi connectivity index (χ3v) is 3.37. The summed E-state index contributed by atoms with van der Waals surface area (Å²) in [5.41, 5.74) is 1.35. The van der Waals surface area contributed by atoms with E-state index >= 15 is 0 Å². The van der Waals surface area contributed by atoms with Crippen LogP contribution in [0, 0.1) is 0 Å². The zero-order valence-corrected chi connectivity index (χ0v) is 16.3. The van der Waals surface area contributed by atoms with Crippen LogP contribution < -0.4 is 10.6 Å². The molecule has 1 atom stereocenters. The molecule has 0 radical (unpaired) electrons. The fraction of sp³-hybridized carbons (Fsp3) is 0.562. The maximum absolute atomic E-state index is 5.03. The van der Waals surface area contributed by atoms with Crippen molar-refractivity contribution in [1.82, 2.24) is 15.5 Å². The Bertz CT molecular complexity index is 412. The molecule has 0 amide bonds. The monoisotopic (exact) mass is 420 g/mol. The van der Waals surface area contributed by atoms with E-state index < -0.39 is 0 Å². The van der Waals surface area contributed by atoms with Gasteiger partial charge in [-0.05, 0) is 26.1 Å². The van der Waals surface area contributed by atoms with Crippen molar-refractivity contribution in [2.45, 2.75) is 12.5 Å². The Morgan fingerprint density at radius 2 is 1.91 bits per heavy atom. The number of rotatable bonds is 8. The van der Waals surface area contributed by atoms with Gasteiger partial charge in [-0.25, -0.2) is 0 Å². The molecule has 0 saturated heterocycles. The minimum absolute atomic E-state index is 0. The predicted octanol–water partition coefficient (Wildman–Crippen LogP) is 1.59. The van der Waals surface area contributed by atoms with Gasteiger partial charge in [0.15, 0.2) is 5.96 Å². The second-order valence-electron chi connectivity index (χ2n) is 5.18. The molecule has 0 aliphatic rings. The van der Waals surface area contributed by atoms with Crippen LogP contribution in [-0.2, 0) is 11.2 Å². The standard InChI is InChI=1S/C16H28N4O.HI/c1-17-16(18-10-11-21-4)19-13-15(20(2)3)12-14-8-6-5-7-9-14;/h5-9,15H,10-13H2,1-4H3,(H2,17,18,19);1H. The SMILES string of the molecule is CN=C(NCCOC)NCC(Cc1ccccc1)N(C)C.I. The van der Waals surface area contributed by atoms with Crippen molar-refractivity contribution in [3.05, 3.63) is 35.9 Å². The van der Waals surface area contributed by atoms with Crippen LogP contribution in [0.15, 0.2) is 35.3 Å². The molecule has 0 fully saturated rings. The van der Waals surface area contributed by atoms with Gasteiger partial charge in [0.25, 0.3) is 0 Å². The summed E-state index contributed by atoms with van der Waals surface area (Å²) < 4.78 is 5.03. The zero-order chi connectivity index (χ0) is 15.5. The summed E-state index contributed by atoms with van der Waals surface area (Å²) in [6.45, 7) is 2.26. The number of ether oxygens (including phenoxy) is 1. The molecule has 1 rings (SSSR count). The van der Waals surface area contributed by atoms with Crippen molar-refractivity contribution in [3.8, 4) is 0 Å². The van der Waals surface area contributed by atoms with E-state index in [9.17, 15) is 0 Å². The molecule has 0 bridgehead atoms. The van der Waals surface area contributed by atoms with Crippen molar-refractivity contribution in [2.24, 2.45) is 4.99 Å². The first-order chi connectivity index (χ1) is 10.2. The number of benzene rings is 1. The van der Waals surface area contributed by atoms with Gasteiger partial charge in [-0.1, -0.05) is 30.3 Å². The summed E-state index contributed by atoms with van der Waals surface area (Å²) in [5.74, 6) is 0.812. The van der Waals surface area contributed by atoms with Crippen LogP contribution in [-0.4, -0.2) is 64.9 Å². The van der Waals surface area contributed by atoms with E-state index in [-0.39, 0.29) is 24.0 Å². The van der Waals surface area contributed by atoms with Crippen LogP contribution in [0.4, 0.5) is 0 Å². The Hall–Kier alpha value is -0.860. The first kappa shape index (κ1) is 21.1. The van der Waals surface area contributed by atoms with E-state index in [1.807, 2.05) is 6.07 Å². The fourth-order valence-corrected chi connectivity index (χ4v) is 2.03. The minimum Gasteiger partial charge on any atom is -0.383 e. The molecule has 0 aliphatic heterocycles. The van der Waals surface area contributed by atoms with Crippen LogP contribution in [0.1, 0.15) is 5.56 Å². The van der Waals surface area contributed by atoms with Crippen LogP contribution in [0.5, 0.6) is 0 Å². The number of nitrogens with zero attached hydrogens (tertiary/aromatic N) is 2. The maximum Gasteiger partial charge on any atom is 0.191 e. The van der Waals surface area contributed by atoms with E-state index in [4.69, 9.17) is 4.74 Å². The van der Waals surface area contributed by atoms with Crippen molar-refractivity contribution in [3.63, 3.8) is 0 Å². The molecular weight excluding hydrogens is 391 g/mol. The molecule has 0 aromatic heterocycles. The largest absolute Gasteiger partial charge is 0.383 e. The second kappa shape index (κ2) is 12.7. The van der Waals surface area contributed by atoms with Gasteiger partial charge < -0.3 is 20.3 Å². The average molecular weight is 420 g/mol. The number of methoxy groups -OCH3 is 1. The Morgan fingerprint density at radius 3 is 2.45 bits per heavy atom. The molecule has 0 saturated carbocycles. The lowest BCUT2D eigenvalue weighted by Crippen LogP contribution is -2.46. The third-order valence-electron chi connectivity index (χ3n) is 3.37. The Morgan fingerprint density at radius 1 is 1.23 bits per heavy atom. The first-order valence-electron chi connectivity index (χ1n) is 7.31. The summed E-state index contributed by atoms with van der Waals surface area (Å²) in [7, 11) is 7.69. The lowest BCUT2D eigenvalue weighted by atomic mass is 10.1. The van der Waals surface area contributed by atoms with E-state index in [1.54, 1.807) is 14.2 Å². The summed E-state index contributed by atoms with van der Waals surface area (Å²) in [5, 5.41) is 6.60.